The standard InChI is InChI=1S/C48H56N12/c1-17-53(18-1)45(54-19-2-20-54)49-37-13-9-33-35-11-15-39(51-47(57-25-5-26-57)58-27-6-28-58)44-40(52-48(59-29-7-30-59)60-31-8-32-60)16-12-36(42(35)44)34-10-14-38(43(37)41(33)34)50-46(55-21-3-22-55)56-23-4-24-56/h9-16H,1-8,17-32H2. The van der Waals surface area contributed by atoms with Crippen molar-refractivity contribution in [2.24, 2.45) is 20.0 Å². The lowest BCUT2D eigenvalue weighted by Crippen LogP contribution is -2.54. The molecule has 0 radical (unpaired) electrons. The maximum absolute atomic E-state index is 5.63. The van der Waals surface area contributed by atoms with Crippen LogP contribution in [-0.2, 0) is 0 Å². The molecule has 0 atom stereocenters. The van der Waals surface area contributed by atoms with Gasteiger partial charge in [0, 0.05) is 126 Å². The van der Waals surface area contributed by atoms with Crippen molar-refractivity contribution < 1.29 is 0 Å². The van der Waals surface area contributed by atoms with E-state index in [1.165, 1.54) is 94.5 Å². The third-order valence-corrected chi connectivity index (χ3v) is 14.8. The van der Waals surface area contributed by atoms with Crippen LogP contribution < -0.4 is 0 Å². The Morgan fingerprint density at radius 2 is 0.433 bits per heavy atom. The molecule has 0 spiro atoms. The first-order chi connectivity index (χ1) is 29.7. The molecule has 8 saturated heterocycles. The lowest BCUT2D eigenvalue weighted by atomic mass is 9.88. The minimum absolute atomic E-state index is 1.03. The van der Waals surface area contributed by atoms with Gasteiger partial charge in [-0.25, -0.2) is 20.0 Å². The fraction of sp³-hybridized carbons (Fsp3) is 0.500. The van der Waals surface area contributed by atoms with Gasteiger partial charge in [0.1, 0.15) is 0 Å². The molecule has 5 aromatic carbocycles. The molecule has 0 N–H and O–H groups in total. The summed E-state index contributed by atoms with van der Waals surface area (Å²) < 4.78 is 0. The van der Waals surface area contributed by atoms with Gasteiger partial charge in [-0.05, 0) is 97.2 Å². The van der Waals surface area contributed by atoms with E-state index in [9.17, 15) is 0 Å². The zero-order valence-electron chi connectivity index (χ0n) is 35.0. The number of likely N-dealkylation sites (tertiary alicyclic amines) is 8. The Morgan fingerprint density at radius 3 is 0.583 bits per heavy atom. The highest BCUT2D eigenvalue weighted by Gasteiger charge is 2.33. The normalized spacial score (nSPS) is 20.8. The quantitative estimate of drug-likeness (QED) is 0.0811. The lowest BCUT2D eigenvalue weighted by molar-refractivity contribution is 0.207. The molecule has 5 aromatic rings. The second kappa shape index (κ2) is 14.0. The monoisotopic (exact) mass is 800 g/mol. The minimum Gasteiger partial charge on any atom is -0.342 e. The van der Waals surface area contributed by atoms with Crippen LogP contribution in [0.25, 0.3) is 43.1 Å². The predicted molar refractivity (Wildman–Crippen MR) is 246 cm³/mol. The number of nitrogens with zero attached hydrogens (tertiary/aromatic N) is 12. The summed E-state index contributed by atoms with van der Waals surface area (Å²) in [4.78, 5) is 42.4. The van der Waals surface area contributed by atoms with Crippen LogP contribution in [0.1, 0.15) is 51.4 Å². The molecule has 8 aliphatic heterocycles. The summed E-state index contributed by atoms with van der Waals surface area (Å²) >= 11 is 0. The van der Waals surface area contributed by atoms with E-state index in [0.717, 1.165) is 151 Å². The average molecular weight is 801 g/mol. The molecule has 0 amide bonds. The topological polar surface area (TPSA) is 75.4 Å². The summed E-state index contributed by atoms with van der Waals surface area (Å²) in [7, 11) is 0. The zero-order chi connectivity index (χ0) is 39.3. The van der Waals surface area contributed by atoms with Gasteiger partial charge in [-0.2, -0.15) is 0 Å². The second-order valence-electron chi connectivity index (χ2n) is 18.4. The largest absolute Gasteiger partial charge is 0.342 e. The van der Waals surface area contributed by atoms with E-state index >= 15 is 0 Å². The van der Waals surface area contributed by atoms with Gasteiger partial charge in [0.15, 0.2) is 0 Å². The molecular weight excluding hydrogens is 745 g/mol. The Balaban J connectivity index is 1.08. The summed E-state index contributed by atoms with van der Waals surface area (Å²) in [6, 6.07) is 18.7. The minimum atomic E-state index is 1.03. The second-order valence-corrected chi connectivity index (χ2v) is 18.4. The van der Waals surface area contributed by atoms with E-state index < -0.39 is 0 Å². The van der Waals surface area contributed by atoms with E-state index in [2.05, 4.69) is 87.7 Å². The van der Waals surface area contributed by atoms with Crippen molar-refractivity contribution in [1.29, 1.82) is 0 Å². The van der Waals surface area contributed by atoms with Gasteiger partial charge in [-0.3, -0.25) is 0 Å². The predicted octanol–water partition coefficient (Wildman–Crippen LogP) is 7.33. The van der Waals surface area contributed by atoms with E-state index in [0.29, 0.717) is 0 Å². The SMILES string of the molecule is c1cc2c3ccc(N=C(N4CCC4)N4CCC4)c4c(N=C(N5CCC5)N5CCC5)ccc(c5ccc(N=C(N6CCC6)N6CCC6)c(c1N=C(N1CCC1)N1CCC1)c25)c43. The molecule has 12 nitrogen and oxygen atoms in total. The molecule has 8 aliphatic rings. The van der Waals surface area contributed by atoms with Crippen molar-refractivity contribution in [1.82, 2.24) is 39.2 Å². The maximum Gasteiger partial charge on any atom is 0.201 e. The fourth-order valence-electron chi connectivity index (χ4n) is 10.1. The third-order valence-electron chi connectivity index (χ3n) is 14.8. The fourth-order valence-corrected chi connectivity index (χ4v) is 10.1. The van der Waals surface area contributed by atoms with Gasteiger partial charge in [0.05, 0.1) is 22.7 Å². The molecule has 60 heavy (non-hydrogen) atoms. The molecule has 13 rings (SSSR count). The van der Waals surface area contributed by atoms with Crippen molar-refractivity contribution in [2.45, 2.75) is 51.4 Å². The molecule has 308 valence electrons. The molecule has 8 fully saturated rings. The summed E-state index contributed by atoms with van der Waals surface area (Å²) in [6.45, 7) is 17.3. The molecule has 12 heteroatoms. The molecule has 0 unspecified atom stereocenters. The van der Waals surface area contributed by atoms with Crippen LogP contribution >= 0.6 is 0 Å². The Hall–Kier alpha value is -5.52. The highest BCUT2D eigenvalue weighted by Crippen LogP contribution is 2.50. The highest BCUT2D eigenvalue weighted by molar-refractivity contribution is 6.37. The smallest absolute Gasteiger partial charge is 0.201 e. The molecular formula is C48H56N12. The third kappa shape index (κ3) is 5.54. The van der Waals surface area contributed by atoms with Gasteiger partial charge in [-0.15, -0.1) is 0 Å². The number of guanidine groups is 4. The van der Waals surface area contributed by atoms with Gasteiger partial charge in [-0.1, -0.05) is 24.3 Å². The van der Waals surface area contributed by atoms with Gasteiger partial charge >= 0.3 is 0 Å². The van der Waals surface area contributed by atoms with E-state index in [-0.39, 0.29) is 0 Å². The number of rotatable bonds is 4. The molecule has 0 aliphatic carbocycles. The van der Waals surface area contributed by atoms with Crippen molar-refractivity contribution in [2.75, 3.05) is 105 Å². The Kier molecular flexibility index (Phi) is 8.24. The summed E-state index contributed by atoms with van der Waals surface area (Å²) in [5.74, 6) is 4.55. The van der Waals surface area contributed by atoms with Gasteiger partial charge in [0.2, 0.25) is 23.8 Å². The Bertz CT molecular complexity index is 2210. The lowest BCUT2D eigenvalue weighted by Gasteiger charge is -2.43. The first-order valence-corrected chi connectivity index (χ1v) is 23.3. The molecule has 0 aromatic heterocycles. The van der Waals surface area contributed by atoms with Crippen LogP contribution in [0.15, 0.2) is 68.5 Å². The van der Waals surface area contributed by atoms with Crippen LogP contribution in [0.4, 0.5) is 22.7 Å². The average Bonchev–Trinajstić information content (AvgIpc) is 3.06. The van der Waals surface area contributed by atoms with Crippen molar-refractivity contribution in [3.63, 3.8) is 0 Å². The summed E-state index contributed by atoms with van der Waals surface area (Å²) in [6.07, 6.45) is 9.85. The van der Waals surface area contributed by atoms with Crippen LogP contribution in [0, 0.1) is 0 Å². The Morgan fingerprint density at radius 1 is 0.250 bits per heavy atom. The number of hydrogen-bond acceptors (Lipinski definition) is 4. The van der Waals surface area contributed by atoms with E-state index in [4.69, 9.17) is 20.0 Å². The van der Waals surface area contributed by atoms with Gasteiger partial charge < -0.3 is 39.2 Å². The number of fused-ring (bicyclic) bond motifs is 2. The first-order valence-electron chi connectivity index (χ1n) is 23.3. The van der Waals surface area contributed by atoms with Crippen molar-refractivity contribution >= 4 is 89.7 Å². The van der Waals surface area contributed by atoms with Crippen molar-refractivity contribution in [3.8, 4) is 0 Å². The molecule has 8 heterocycles. The van der Waals surface area contributed by atoms with E-state index in [1.54, 1.807) is 0 Å². The molecule has 0 saturated carbocycles. The zero-order valence-corrected chi connectivity index (χ0v) is 35.0. The van der Waals surface area contributed by atoms with Crippen molar-refractivity contribution in [3.05, 3.63) is 48.5 Å². The van der Waals surface area contributed by atoms with Crippen LogP contribution in [-0.4, -0.2) is 168 Å². The number of benzene rings is 5. The van der Waals surface area contributed by atoms with E-state index in [1.807, 2.05) is 0 Å². The van der Waals surface area contributed by atoms with Gasteiger partial charge in [0.25, 0.3) is 0 Å². The number of aliphatic imine (C=N–C) groups is 4. The summed E-state index contributed by atoms with van der Waals surface area (Å²) in [5.41, 5.74) is 4.11. The number of hydrogen-bond donors (Lipinski definition) is 0. The maximum atomic E-state index is 5.63. The first kappa shape index (κ1) is 35.3. The summed E-state index contributed by atoms with van der Waals surface area (Å²) in [5, 5.41) is 9.88. The molecule has 0 bridgehead atoms. The van der Waals surface area contributed by atoms with Crippen LogP contribution in [0.2, 0.25) is 0 Å². The van der Waals surface area contributed by atoms with Crippen LogP contribution in [0.3, 0.4) is 0 Å². The highest BCUT2D eigenvalue weighted by atomic mass is 15.4. The Labute approximate surface area is 352 Å². The van der Waals surface area contributed by atoms with Crippen LogP contribution in [0.5, 0.6) is 0 Å².